The maximum atomic E-state index is 12.6. The highest BCUT2D eigenvalue weighted by Gasteiger charge is 2.30. The molecule has 1 aromatic rings. The Morgan fingerprint density at radius 1 is 1.23 bits per heavy atom. The van der Waals surface area contributed by atoms with E-state index in [0.717, 1.165) is 24.3 Å². The van der Waals surface area contributed by atoms with Gasteiger partial charge in [-0.3, -0.25) is 10.1 Å². The van der Waals surface area contributed by atoms with Crippen molar-refractivity contribution in [2.75, 3.05) is 26.9 Å². The van der Waals surface area contributed by atoms with E-state index in [1.807, 2.05) is 5.32 Å². The summed E-state index contributed by atoms with van der Waals surface area (Å²) in [6.07, 6.45) is -2.50. The average molecular weight is 374 g/mol. The Balaban J connectivity index is 2.43. The fourth-order valence-corrected chi connectivity index (χ4v) is 1.64. The minimum atomic E-state index is -4.49. The Hall–Kier alpha value is -2.88. The number of ether oxygens (including phenoxy) is 2. The summed E-state index contributed by atoms with van der Waals surface area (Å²) in [5.74, 6) is -1.81. The van der Waals surface area contributed by atoms with Crippen molar-refractivity contribution < 1.29 is 37.0 Å². The third-order valence-corrected chi connectivity index (χ3v) is 2.82. The summed E-state index contributed by atoms with van der Waals surface area (Å²) < 4.78 is 47.0. The Kier molecular flexibility index (Phi) is 8.29. The molecule has 0 saturated carbocycles. The summed E-state index contributed by atoms with van der Waals surface area (Å²) in [7, 11) is 1.44. The quantitative estimate of drug-likeness (QED) is 0.431. The number of urea groups is 1. The molecule has 0 aliphatic carbocycles. The van der Waals surface area contributed by atoms with Gasteiger partial charge in [-0.05, 0) is 23.8 Å². The van der Waals surface area contributed by atoms with Crippen molar-refractivity contribution in [1.29, 1.82) is 0 Å². The molecule has 0 unspecified atom stereocenters. The Labute approximate surface area is 147 Å². The zero-order chi connectivity index (χ0) is 19.6. The molecule has 0 atom stereocenters. The van der Waals surface area contributed by atoms with Gasteiger partial charge in [0.1, 0.15) is 0 Å². The molecule has 1 rings (SSSR count). The minimum Gasteiger partial charge on any atom is -0.452 e. The first-order chi connectivity index (χ1) is 12.2. The van der Waals surface area contributed by atoms with Gasteiger partial charge < -0.3 is 14.8 Å². The monoisotopic (exact) mass is 374 g/mol. The lowest BCUT2D eigenvalue weighted by Crippen LogP contribution is -2.42. The molecule has 0 fully saturated rings. The number of methoxy groups -OCH3 is 1. The topological polar surface area (TPSA) is 93.7 Å². The van der Waals surface area contributed by atoms with Gasteiger partial charge in [0.25, 0.3) is 5.91 Å². The maximum Gasteiger partial charge on any atom is 0.416 e. The van der Waals surface area contributed by atoms with Crippen LogP contribution < -0.4 is 10.6 Å². The number of halogens is 3. The van der Waals surface area contributed by atoms with Crippen molar-refractivity contribution in [3.63, 3.8) is 0 Å². The number of amides is 3. The smallest absolute Gasteiger partial charge is 0.416 e. The normalized spacial score (nSPS) is 11.2. The number of esters is 1. The number of benzene rings is 1. The molecule has 2 N–H and O–H groups in total. The van der Waals surface area contributed by atoms with Gasteiger partial charge >= 0.3 is 18.2 Å². The first-order valence-corrected chi connectivity index (χ1v) is 7.31. The largest absolute Gasteiger partial charge is 0.452 e. The van der Waals surface area contributed by atoms with Crippen LogP contribution in [-0.2, 0) is 25.2 Å². The van der Waals surface area contributed by atoms with Crippen LogP contribution in [0.15, 0.2) is 30.3 Å². The van der Waals surface area contributed by atoms with Gasteiger partial charge in [-0.15, -0.1) is 0 Å². The van der Waals surface area contributed by atoms with Gasteiger partial charge in [-0.1, -0.05) is 12.1 Å². The van der Waals surface area contributed by atoms with Crippen LogP contribution in [0.1, 0.15) is 11.1 Å². The summed E-state index contributed by atoms with van der Waals surface area (Å²) in [6, 6.07) is 3.56. The number of hydrogen-bond donors (Lipinski definition) is 2. The summed E-state index contributed by atoms with van der Waals surface area (Å²) >= 11 is 0. The second-order valence-corrected chi connectivity index (χ2v) is 4.86. The molecule has 10 heteroatoms. The summed E-state index contributed by atoms with van der Waals surface area (Å²) in [6.45, 7) is -0.268. The van der Waals surface area contributed by atoms with E-state index in [-0.39, 0.29) is 18.7 Å². The third kappa shape index (κ3) is 8.29. The van der Waals surface area contributed by atoms with Crippen molar-refractivity contribution in [2.24, 2.45) is 0 Å². The molecule has 0 spiro atoms. The second-order valence-electron chi connectivity index (χ2n) is 4.86. The van der Waals surface area contributed by atoms with E-state index in [0.29, 0.717) is 0 Å². The van der Waals surface area contributed by atoms with Crippen LogP contribution in [0.3, 0.4) is 0 Å². The van der Waals surface area contributed by atoms with E-state index in [1.54, 1.807) is 0 Å². The van der Waals surface area contributed by atoms with Crippen LogP contribution in [0.2, 0.25) is 0 Å². The predicted octanol–water partition coefficient (Wildman–Crippen LogP) is 1.73. The van der Waals surface area contributed by atoms with E-state index in [9.17, 15) is 27.6 Å². The molecule has 0 aromatic heterocycles. The second kappa shape index (κ2) is 10.2. The first kappa shape index (κ1) is 21.2. The van der Waals surface area contributed by atoms with Crippen LogP contribution in [-0.4, -0.2) is 44.8 Å². The molecule has 0 bridgehead atoms. The first-order valence-electron chi connectivity index (χ1n) is 7.31. The molecule has 0 radical (unpaired) electrons. The highest BCUT2D eigenvalue weighted by atomic mass is 19.4. The molecule has 26 heavy (non-hydrogen) atoms. The lowest BCUT2D eigenvalue weighted by molar-refractivity contribution is -0.143. The highest BCUT2D eigenvalue weighted by molar-refractivity contribution is 5.96. The average Bonchev–Trinajstić information content (AvgIpc) is 2.58. The molecule has 0 aliphatic rings. The van der Waals surface area contributed by atoms with Crippen LogP contribution in [0.25, 0.3) is 6.08 Å². The lowest BCUT2D eigenvalue weighted by atomic mass is 10.1. The van der Waals surface area contributed by atoms with Gasteiger partial charge in [0.05, 0.1) is 12.2 Å². The molecular weight excluding hydrogens is 357 g/mol. The molecule has 142 valence electrons. The zero-order valence-corrected chi connectivity index (χ0v) is 13.8. The van der Waals surface area contributed by atoms with Crippen molar-refractivity contribution in [1.82, 2.24) is 10.6 Å². The van der Waals surface area contributed by atoms with Crippen molar-refractivity contribution in [3.05, 3.63) is 41.5 Å². The number of rotatable bonds is 7. The van der Waals surface area contributed by atoms with E-state index < -0.39 is 36.3 Å². The highest BCUT2D eigenvalue weighted by Crippen LogP contribution is 2.29. The van der Waals surface area contributed by atoms with Crippen molar-refractivity contribution in [3.8, 4) is 0 Å². The molecule has 0 aliphatic heterocycles. The van der Waals surface area contributed by atoms with Crippen molar-refractivity contribution in [2.45, 2.75) is 6.18 Å². The Bertz CT molecular complexity index is 674. The fourth-order valence-electron chi connectivity index (χ4n) is 1.64. The van der Waals surface area contributed by atoms with Crippen molar-refractivity contribution >= 4 is 24.0 Å². The van der Waals surface area contributed by atoms with E-state index in [1.165, 1.54) is 19.2 Å². The number of imide groups is 1. The molecule has 3 amide bonds. The number of alkyl halides is 3. The number of carbonyl (C=O) groups excluding carboxylic acids is 3. The van der Waals surface area contributed by atoms with E-state index in [4.69, 9.17) is 4.74 Å². The van der Waals surface area contributed by atoms with Crippen LogP contribution in [0.5, 0.6) is 0 Å². The summed E-state index contributed by atoms with van der Waals surface area (Å²) in [5.41, 5.74) is -0.717. The Morgan fingerprint density at radius 2 is 1.96 bits per heavy atom. The number of hydrogen-bond acceptors (Lipinski definition) is 5. The summed E-state index contributed by atoms with van der Waals surface area (Å²) in [4.78, 5) is 34.1. The van der Waals surface area contributed by atoms with Gasteiger partial charge in [-0.2, -0.15) is 13.2 Å². The third-order valence-electron chi connectivity index (χ3n) is 2.82. The molecular formula is C16H17F3N2O5. The minimum absolute atomic E-state index is 0.138. The van der Waals surface area contributed by atoms with Gasteiger partial charge in [-0.25, -0.2) is 9.59 Å². The standard InChI is InChI=1S/C16H17F3N2O5/c1-25-8-7-20-15(24)21-13(22)10-26-14(23)6-5-11-3-2-4-12(9-11)16(17,18)19/h2-6,9H,7-8,10H2,1H3,(H2,20,21,22,24). The Morgan fingerprint density at radius 3 is 2.62 bits per heavy atom. The zero-order valence-electron chi connectivity index (χ0n) is 13.8. The van der Waals surface area contributed by atoms with Gasteiger partial charge in [0.2, 0.25) is 0 Å². The molecule has 7 nitrogen and oxygen atoms in total. The van der Waals surface area contributed by atoms with Crippen LogP contribution in [0.4, 0.5) is 18.0 Å². The van der Waals surface area contributed by atoms with Crippen LogP contribution >= 0.6 is 0 Å². The predicted molar refractivity (Wildman–Crippen MR) is 84.9 cm³/mol. The van der Waals surface area contributed by atoms with Crippen LogP contribution in [0, 0.1) is 0 Å². The van der Waals surface area contributed by atoms with Gasteiger partial charge in [0.15, 0.2) is 6.61 Å². The molecule has 0 heterocycles. The van der Waals surface area contributed by atoms with E-state index in [2.05, 4.69) is 10.1 Å². The summed E-state index contributed by atoms with van der Waals surface area (Å²) in [5, 5.41) is 4.25. The van der Waals surface area contributed by atoms with Gasteiger partial charge in [0, 0.05) is 19.7 Å². The molecule has 1 aromatic carbocycles. The molecule has 0 saturated heterocycles. The number of carbonyl (C=O) groups is 3. The number of nitrogens with one attached hydrogen (secondary N) is 2. The lowest BCUT2D eigenvalue weighted by Gasteiger charge is -2.07. The SMILES string of the molecule is COCCNC(=O)NC(=O)COC(=O)C=Cc1cccc(C(F)(F)F)c1. The fraction of sp³-hybridized carbons (Fsp3) is 0.312. The maximum absolute atomic E-state index is 12.6. The van der Waals surface area contributed by atoms with E-state index >= 15 is 0 Å².